The number of rotatable bonds is 6. The molecule has 0 aliphatic carbocycles. The number of amides is 1. The monoisotopic (exact) mass is 354 g/mol. The molecule has 1 aliphatic rings. The second-order valence-electron chi connectivity index (χ2n) is 6.47. The van der Waals surface area contributed by atoms with Crippen LogP contribution in [-0.2, 0) is 6.54 Å². The minimum absolute atomic E-state index is 0.0787. The Morgan fingerprint density at radius 3 is 2.31 bits per heavy atom. The van der Waals surface area contributed by atoms with Gasteiger partial charge in [-0.3, -0.25) is 4.79 Å². The fourth-order valence-corrected chi connectivity index (χ4v) is 3.25. The van der Waals surface area contributed by atoms with Gasteiger partial charge in [0.2, 0.25) is 0 Å². The summed E-state index contributed by atoms with van der Waals surface area (Å²) in [6.07, 6.45) is 3.80. The lowest BCUT2D eigenvalue weighted by atomic mass is 10.1. The molecule has 1 amide bonds. The Morgan fingerprint density at radius 2 is 1.65 bits per heavy atom. The van der Waals surface area contributed by atoms with Crippen LogP contribution in [0, 0.1) is 0 Å². The minimum Gasteiger partial charge on any atom is -0.493 e. The van der Waals surface area contributed by atoms with Crippen LogP contribution in [0.15, 0.2) is 42.5 Å². The third-order valence-electron chi connectivity index (χ3n) is 4.75. The number of anilines is 1. The lowest BCUT2D eigenvalue weighted by Gasteiger charge is -2.28. The average molecular weight is 354 g/mol. The quantitative estimate of drug-likeness (QED) is 0.861. The lowest BCUT2D eigenvalue weighted by Crippen LogP contribution is -2.29. The van der Waals surface area contributed by atoms with E-state index in [4.69, 9.17) is 9.47 Å². The van der Waals surface area contributed by atoms with Gasteiger partial charge >= 0.3 is 0 Å². The minimum atomic E-state index is -0.0787. The first-order valence-electron chi connectivity index (χ1n) is 9.05. The van der Waals surface area contributed by atoms with Crippen LogP contribution in [-0.4, -0.2) is 33.2 Å². The molecule has 26 heavy (non-hydrogen) atoms. The van der Waals surface area contributed by atoms with Crippen molar-refractivity contribution in [2.75, 3.05) is 32.2 Å². The first-order chi connectivity index (χ1) is 12.7. The van der Waals surface area contributed by atoms with Crippen molar-refractivity contribution in [3.63, 3.8) is 0 Å². The number of nitrogens with zero attached hydrogens (tertiary/aromatic N) is 1. The zero-order valence-corrected chi connectivity index (χ0v) is 15.5. The summed E-state index contributed by atoms with van der Waals surface area (Å²) >= 11 is 0. The number of hydrogen-bond acceptors (Lipinski definition) is 4. The number of ether oxygens (including phenoxy) is 2. The highest BCUT2D eigenvalue weighted by atomic mass is 16.5. The van der Waals surface area contributed by atoms with Gasteiger partial charge in [0.1, 0.15) is 0 Å². The normalized spacial score (nSPS) is 14.0. The fraction of sp³-hybridized carbons (Fsp3) is 0.381. The van der Waals surface area contributed by atoms with Crippen molar-refractivity contribution < 1.29 is 14.3 Å². The molecule has 3 rings (SSSR count). The number of nitrogens with one attached hydrogen (secondary N) is 1. The van der Waals surface area contributed by atoms with Crippen LogP contribution >= 0.6 is 0 Å². The highest BCUT2D eigenvalue weighted by Gasteiger charge is 2.12. The largest absolute Gasteiger partial charge is 0.493 e. The maximum Gasteiger partial charge on any atom is 0.251 e. The molecule has 2 aromatic carbocycles. The van der Waals surface area contributed by atoms with Crippen molar-refractivity contribution in [3.05, 3.63) is 53.6 Å². The summed E-state index contributed by atoms with van der Waals surface area (Å²) in [6, 6.07) is 13.5. The third-order valence-corrected chi connectivity index (χ3v) is 4.75. The van der Waals surface area contributed by atoms with E-state index < -0.39 is 0 Å². The molecule has 0 unspecified atom stereocenters. The van der Waals surface area contributed by atoms with Crippen LogP contribution in [0.5, 0.6) is 11.5 Å². The number of methoxy groups -OCH3 is 2. The summed E-state index contributed by atoms with van der Waals surface area (Å²) in [5.74, 6) is 1.26. The number of benzene rings is 2. The number of carbonyl (C=O) groups is 1. The Morgan fingerprint density at radius 1 is 0.962 bits per heavy atom. The molecule has 0 bridgehead atoms. The molecule has 0 aromatic heterocycles. The molecule has 0 atom stereocenters. The smallest absolute Gasteiger partial charge is 0.251 e. The molecule has 1 aliphatic heterocycles. The summed E-state index contributed by atoms with van der Waals surface area (Å²) in [7, 11) is 3.21. The Kier molecular flexibility index (Phi) is 6.00. The van der Waals surface area contributed by atoms with Gasteiger partial charge in [-0.15, -0.1) is 0 Å². The highest BCUT2D eigenvalue weighted by molar-refractivity contribution is 5.94. The zero-order chi connectivity index (χ0) is 18.4. The second kappa shape index (κ2) is 8.61. The number of carbonyl (C=O) groups excluding carboxylic acids is 1. The molecule has 0 spiro atoms. The van der Waals surface area contributed by atoms with Crippen LogP contribution in [0.1, 0.15) is 35.2 Å². The molecule has 0 saturated carbocycles. The van der Waals surface area contributed by atoms with E-state index in [0.717, 1.165) is 18.7 Å². The van der Waals surface area contributed by atoms with Crippen molar-refractivity contribution in [2.24, 2.45) is 0 Å². The van der Waals surface area contributed by atoms with Crippen molar-refractivity contribution in [1.29, 1.82) is 0 Å². The van der Waals surface area contributed by atoms with Crippen LogP contribution < -0.4 is 19.7 Å². The molecule has 5 nitrogen and oxygen atoms in total. The predicted octanol–water partition coefficient (Wildman–Crippen LogP) is 3.62. The summed E-state index contributed by atoms with van der Waals surface area (Å²) in [6.45, 7) is 2.64. The Hall–Kier alpha value is -2.69. The Balaban J connectivity index is 1.59. The van der Waals surface area contributed by atoms with Gasteiger partial charge in [-0.1, -0.05) is 6.07 Å². The fourth-order valence-electron chi connectivity index (χ4n) is 3.25. The van der Waals surface area contributed by atoms with Crippen molar-refractivity contribution in [2.45, 2.75) is 25.8 Å². The van der Waals surface area contributed by atoms with E-state index in [-0.39, 0.29) is 5.91 Å². The topological polar surface area (TPSA) is 50.8 Å². The molecular formula is C21H26N2O3. The van der Waals surface area contributed by atoms with Crippen LogP contribution in [0.2, 0.25) is 0 Å². The molecule has 1 N–H and O–H groups in total. The molecule has 1 saturated heterocycles. The standard InChI is InChI=1S/C21H26N2O3/c1-25-19-11-6-16(14-20(19)26-2)15-22-21(24)17-7-9-18(10-8-17)23-12-4-3-5-13-23/h6-11,14H,3-5,12-13,15H2,1-2H3,(H,22,24). The zero-order valence-electron chi connectivity index (χ0n) is 15.5. The van der Waals surface area contributed by atoms with E-state index in [1.165, 1.54) is 24.9 Å². The molecule has 2 aromatic rings. The van der Waals surface area contributed by atoms with Crippen LogP contribution in [0.4, 0.5) is 5.69 Å². The van der Waals surface area contributed by atoms with Gasteiger partial charge < -0.3 is 19.7 Å². The third kappa shape index (κ3) is 4.28. The van der Waals surface area contributed by atoms with Gasteiger partial charge in [0.05, 0.1) is 14.2 Å². The summed E-state index contributed by atoms with van der Waals surface area (Å²) in [4.78, 5) is 14.8. The Labute approximate surface area is 154 Å². The first kappa shape index (κ1) is 18.1. The summed E-state index contributed by atoms with van der Waals surface area (Å²) in [5.41, 5.74) is 2.83. The second-order valence-corrected chi connectivity index (χ2v) is 6.47. The van der Waals surface area contributed by atoms with Gasteiger partial charge in [0, 0.05) is 30.9 Å². The predicted molar refractivity (Wildman–Crippen MR) is 103 cm³/mol. The molecule has 1 fully saturated rings. The number of hydrogen-bond donors (Lipinski definition) is 1. The van der Waals surface area contributed by atoms with E-state index in [0.29, 0.717) is 23.6 Å². The van der Waals surface area contributed by atoms with Gasteiger partial charge in [-0.05, 0) is 61.2 Å². The van der Waals surface area contributed by atoms with E-state index in [1.807, 2.05) is 42.5 Å². The maximum absolute atomic E-state index is 12.4. The van der Waals surface area contributed by atoms with Gasteiger partial charge in [0.25, 0.3) is 5.91 Å². The Bertz CT molecular complexity index is 737. The van der Waals surface area contributed by atoms with Crippen molar-refractivity contribution >= 4 is 11.6 Å². The number of piperidine rings is 1. The average Bonchev–Trinajstić information content (AvgIpc) is 2.72. The summed E-state index contributed by atoms with van der Waals surface area (Å²) in [5, 5.41) is 2.95. The molecule has 5 heteroatoms. The van der Waals surface area contributed by atoms with E-state index in [2.05, 4.69) is 10.2 Å². The molecule has 1 heterocycles. The van der Waals surface area contributed by atoms with Crippen molar-refractivity contribution in [3.8, 4) is 11.5 Å². The summed E-state index contributed by atoms with van der Waals surface area (Å²) < 4.78 is 10.5. The maximum atomic E-state index is 12.4. The molecular weight excluding hydrogens is 328 g/mol. The first-order valence-corrected chi connectivity index (χ1v) is 9.05. The van der Waals surface area contributed by atoms with Gasteiger partial charge in [-0.25, -0.2) is 0 Å². The van der Waals surface area contributed by atoms with Gasteiger partial charge in [0.15, 0.2) is 11.5 Å². The van der Waals surface area contributed by atoms with E-state index in [9.17, 15) is 4.79 Å². The molecule has 0 radical (unpaired) electrons. The SMILES string of the molecule is COc1ccc(CNC(=O)c2ccc(N3CCCCC3)cc2)cc1OC. The van der Waals surface area contributed by atoms with E-state index >= 15 is 0 Å². The van der Waals surface area contributed by atoms with Crippen molar-refractivity contribution in [1.82, 2.24) is 5.32 Å². The van der Waals surface area contributed by atoms with Gasteiger partial charge in [-0.2, -0.15) is 0 Å². The molecule has 138 valence electrons. The van der Waals surface area contributed by atoms with Crippen LogP contribution in [0.3, 0.4) is 0 Å². The highest BCUT2D eigenvalue weighted by Crippen LogP contribution is 2.27. The van der Waals surface area contributed by atoms with E-state index in [1.54, 1.807) is 14.2 Å². The van der Waals surface area contributed by atoms with Crippen LogP contribution in [0.25, 0.3) is 0 Å². The lowest BCUT2D eigenvalue weighted by molar-refractivity contribution is 0.0951.